The fourth-order valence-electron chi connectivity index (χ4n) is 2.36. The molecule has 31 heavy (non-hydrogen) atoms. The van der Waals surface area contributed by atoms with Crippen molar-refractivity contribution < 1.29 is 34.5 Å². The van der Waals surface area contributed by atoms with Crippen molar-refractivity contribution in [3.63, 3.8) is 0 Å². The van der Waals surface area contributed by atoms with E-state index in [0.29, 0.717) is 5.56 Å². The molecule has 3 amide bonds. The van der Waals surface area contributed by atoms with Gasteiger partial charge in [0.25, 0.3) is 0 Å². The minimum Gasteiger partial charge on any atom is -0.508 e. The summed E-state index contributed by atoms with van der Waals surface area (Å²) in [5.41, 5.74) is 6.07. The molecule has 0 aromatic heterocycles. The molecule has 0 heterocycles. The predicted molar refractivity (Wildman–Crippen MR) is 118 cm³/mol. The number of carboxylic acid groups (broad SMARTS) is 1. The molecule has 1 aromatic rings. The number of nitrogens with two attached hydrogens (primary N) is 1. The molecule has 1 aromatic carbocycles. The SMILES string of the molecule is NC(CS)C(=O)NC(CS)C(=O)NC(CO)C(=O)NC(Cc1ccc(O)cc1)C(=O)O. The molecular formula is C18H26N4O7S2. The summed E-state index contributed by atoms with van der Waals surface area (Å²) in [4.78, 5) is 48.2. The van der Waals surface area contributed by atoms with Gasteiger partial charge in [0.05, 0.1) is 12.6 Å². The molecule has 0 bridgehead atoms. The molecule has 0 spiro atoms. The lowest BCUT2D eigenvalue weighted by Crippen LogP contribution is -2.58. The van der Waals surface area contributed by atoms with Gasteiger partial charge in [-0.2, -0.15) is 25.3 Å². The Morgan fingerprint density at radius 1 is 0.871 bits per heavy atom. The monoisotopic (exact) mass is 474 g/mol. The summed E-state index contributed by atoms with van der Waals surface area (Å²) in [6, 6.07) is 0.832. The van der Waals surface area contributed by atoms with Gasteiger partial charge in [0.15, 0.2) is 0 Å². The lowest BCUT2D eigenvalue weighted by molar-refractivity contribution is -0.142. The summed E-state index contributed by atoms with van der Waals surface area (Å²) in [5.74, 6) is -3.78. The number of hydrogen-bond acceptors (Lipinski definition) is 9. The van der Waals surface area contributed by atoms with E-state index in [1.807, 2.05) is 0 Å². The van der Waals surface area contributed by atoms with E-state index >= 15 is 0 Å². The number of amides is 3. The number of aliphatic hydroxyl groups excluding tert-OH is 1. The second-order valence-corrected chi connectivity index (χ2v) is 7.28. The van der Waals surface area contributed by atoms with Crippen molar-refractivity contribution in [1.82, 2.24) is 16.0 Å². The Hall–Kier alpha value is -2.48. The Kier molecular flexibility index (Phi) is 11.2. The van der Waals surface area contributed by atoms with Crippen molar-refractivity contribution in [1.29, 1.82) is 0 Å². The largest absolute Gasteiger partial charge is 0.508 e. The molecule has 0 radical (unpaired) electrons. The maximum Gasteiger partial charge on any atom is 0.326 e. The highest BCUT2D eigenvalue weighted by molar-refractivity contribution is 7.80. The molecule has 0 aliphatic heterocycles. The molecule has 0 saturated carbocycles. The normalized spacial score (nSPS) is 14.6. The standard InChI is InChI=1S/C18H26N4O7S2/c19-11(7-30)15(25)22-14(8-31)17(27)21-13(6-23)16(26)20-12(18(28)29)5-9-1-3-10(24)4-2-9/h1-4,11-14,23-24,30-31H,5-8,19H2,(H,20,26)(H,21,27)(H,22,25)(H,28,29). The van der Waals surface area contributed by atoms with E-state index in [2.05, 4.69) is 41.2 Å². The van der Waals surface area contributed by atoms with Crippen LogP contribution in [0.5, 0.6) is 5.75 Å². The molecule has 0 fully saturated rings. The zero-order valence-corrected chi connectivity index (χ0v) is 18.2. The van der Waals surface area contributed by atoms with Crippen molar-refractivity contribution in [2.75, 3.05) is 18.1 Å². The maximum atomic E-state index is 12.4. The molecule has 0 saturated heterocycles. The number of aliphatic carboxylic acids is 1. The van der Waals surface area contributed by atoms with Gasteiger partial charge < -0.3 is 37.0 Å². The van der Waals surface area contributed by atoms with Gasteiger partial charge in [-0.25, -0.2) is 4.79 Å². The average molecular weight is 475 g/mol. The lowest BCUT2D eigenvalue weighted by Gasteiger charge is -2.23. The van der Waals surface area contributed by atoms with E-state index in [-0.39, 0.29) is 23.7 Å². The van der Waals surface area contributed by atoms with E-state index in [1.165, 1.54) is 24.3 Å². The summed E-state index contributed by atoms with van der Waals surface area (Å²) in [7, 11) is 0. The molecule has 13 heteroatoms. The van der Waals surface area contributed by atoms with Gasteiger partial charge in [-0.15, -0.1) is 0 Å². The van der Waals surface area contributed by atoms with Crippen molar-refractivity contribution in [2.45, 2.75) is 30.6 Å². The number of phenolic OH excluding ortho intramolecular Hbond substituents is 1. The van der Waals surface area contributed by atoms with Crippen LogP contribution in [0.4, 0.5) is 0 Å². The smallest absolute Gasteiger partial charge is 0.326 e. The van der Waals surface area contributed by atoms with Gasteiger partial charge in [-0.1, -0.05) is 12.1 Å². The Balaban J connectivity index is 2.78. The van der Waals surface area contributed by atoms with Crippen LogP contribution < -0.4 is 21.7 Å². The zero-order chi connectivity index (χ0) is 23.6. The first-order valence-electron chi connectivity index (χ1n) is 9.12. The second-order valence-electron chi connectivity index (χ2n) is 6.55. The van der Waals surface area contributed by atoms with Crippen LogP contribution in [0.3, 0.4) is 0 Å². The Bertz CT molecular complexity index is 779. The number of aliphatic hydroxyl groups is 1. The number of rotatable bonds is 12. The van der Waals surface area contributed by atoms with Crippen molar-refractivity contribution >= 4 is 48.9 Å². The molecule has 4 atom stereocenters. The van der Waals surface area contributed by atoms with Gasteiger partial charge in [-0.3, -0.25) is 14.4 Å². The lowest BCUT2D eigenvalue weighted by atomic mass is 10.1. The van der Waals surface area contributed by atoms with Gasteiger partial charge in [0.2, 0.25) is 17.7 Å². The van der Waals surface area contributed by atoms with Crippen molar-refractivity contribution in [3.8, 4) is 5.75 Å². The van der Waals surface area contributed by atoms with Gasteiger partial charge in [-0.05, 0) is 17.7 Å². The van der Waals surface area contributed by atoms with Crippen LogP contribution in [0.25, 0.3) is 0 Å². The number of aromatic hydroxyl groups is 1. The third-order valence-electron chi connectivity index (χ3n) is 4.16. The summed E-state index contributed by atoms with van der Waals surface area (Å²) < 4.78 is 0. The number of benzene rings is 1. The summed E-state index contributed by atoms with van der Waals surface area (Å²) in [5, 5.41) is 35.0. The molecule has 0 aliphatic carbocycles. The van der Waals surface area contributed by atoms with E-state index in [9.17, 15) is 34.5 Å². The number of nitrogens with one attached hydrogen (secondary N) is 3. The molecular weight excluding hydrogens is 448 g/mol. The second kappa shape index (κ2) is 13.0. The van der Waals surface area contributed by atoms with Crippen molar-refractivity contribution in [2.24, 2.45) is 5.73 Å². The minimum atomic E-state index is -1.47. The first-order chi connectivity index (χ1) is 14.6. The number of carboxylic acids is 1. The number of thiol groups is 2. The number of carbonyl (C=O) groups is 4. The maximum absolute atomic E-state index is 12.4. The average Bonchev–Trinajstić information content (AvgIpc) is 2.75. The van der Waals surface area contributed by atoms with Crippen molar-refractivity contribution in [3.05, 3.63) is 29.8 Å². The number of carbonyl (C=O) groups excluding carboxylic acids is 3. The van der Waals surface area contributed by atoms with Crippen LogP contribution in [0.2, 0.25) is 0 Å². The van der Waals surface area contributed by atoms with E-state index < -0.39 is 54.5 Å². The van der Waals surface area contributed by atoms with Crippen LogP contribution >= 0.6 is 25.3 Å². The summed E-state index contributed by atoms with van der Waals surface area (Å²) in [6.45, 7) is -0.813. The zero-order valence-electron chi connectivity index (χ0n) is 16.4. The van der Waals surface area contributed by atoms with Crippen LogP contribution in [-0.2, 0) is 25.6 Å². The molecule has 8 N–H and O–H groups in total. The van der Waals surface area contributed by atoms with Gasteiger partial charge in [0, 0.05) is 17.9 Å². The van der Waals surface area contributed by atoms with E-state index in [1.54, 1.807) is 0 Å². The van der Waals surface area contributed by atoms with Crippen LogP contribution in [0, 0.1) is 0 Å². The molecule has 1 rings (SSSR count). The van der Waals surface area contributed by atoms with E-state index in [4.69, 9.17) is 5.73 Å². The van der Waals surface area contributed by atoms with Crippen LogP contribution in [-0.4, -0.2) is 81.3 Å². The number of phenols is 1. The fraction of sp³-hybridized carbons (Fsp3) is 0.444. The van der Waals surface area contributed by atoms with Crippen LogP contribution in [0.15, 0.2) is 24.3 Å². The molecule has 11 nitrogen and oxygen atoms in total. The number of hydrogen-bond donors (Lipinski definition) is 9. The van der Waals surface area contributed by atoms with E-state index in [0.717, 1.165) is 0 Å². The fourth-order valence-corrected chi connectivity index (χ4v) is 2.79. The Morgan fingerprint density at radius 3 is 1.87 bits per heavy atom. The van der Waals surface area contributed by atoms with Gasteiger partial charge in [0.1, 0.15) is 23.9 Å². The highest BCUT2D eigenvalue weighted by atomic mass is 32.1. The first-order valence-corrected chi connectivity index (χ1v) is 10.4. The third-order valence-corrected chi connectivity index (χ3v) is 4.91. The Morgan fingerprint density at radius 2 is 1.39 bits per heavy atom. The van der Waals surface area contributed by atoms with Crippen LogP contribution in [0.1, 0.15) is 5.56 Å². The molecule has 172 valence electrons. The highest BCUT2D eigenvalue weighted by Crippen LogP contribution is 2.11. The summed E-state index contributed by atoms with van der Waals surface area (Å²) >= 11 is 7.87. The molecule has 0 aliphatic rings. The first kappa shape index (κ1) is 26.6. The Labute approximate surface area is 189 Å². The highest BCUT2D eigenvalue weighted by Gasteiger charge is 2.29. The third kappa shape index (κ3) is 8.65. The van der Waals surface area contributed by atoms with Gasteiger partial charge >= 0.3 is 5.97 Å². The minimum absolute atomic E-state index is 0.00359. The quantitative estimate of drug-likeness (QED) is 0.150. The topological polar surface area (TPSA) is 191 Å². The predicted octanol–water partition coefficient (Wildman–Crippen LogP) is -2.35. The molecule has 4 unspecified atom stereocenters. The summed E-state index contributed by atoms with van der Waals surface area (Å²) in [6.07, 6.45) is -0.0929.